The molecule has 3 heterocycles. The van der Waals surface area contributed by atoms with Gasteiger partial charge in [-0.25, -0.2) is 4.79 Å². The summed E-state index contributed by atoms with van der Waals surface area (Å²) < 4.78 is 11.5. The molecule has 0 N–H and O–H groups in total. The first-order valence-corrected chi connectivity index (χ1v) is 9.43. The highest BCUT2D eigenvalue weighted by molar-refractivity contribution is 9.10. The Morgan fingerprint density at radius 1 is 1.19 bits per heavy atom. The van der Waals surface area contributed by atoms with Crippen molar-refractivity contribution in [3.8, 4) is 11.3 Å². The maximum atomic E-state index is 12.9. The minimum Gasteiger partial charge on any atom is -0.376 e. The first-order valence-electron chi connectivity index (χ1n) is 8.64. The van der Waals surface area contributed by atoms with E-state index in [0.29, 0.717) is 17.4 Å². The van der Waals surface area contributed by atoms with E-state index < -0.39 is 0 Å². The molecule has 26 heavy (non-hydrogen) atoms. The smallest absolute Gasteiger partial charge is 0.330 e. The van der Waals surface area contributed by atoms with Crippen LogP contribution in [0, 0.1) is 0 Å². The Kier molecular flexibility index (Phi) is 4.36. The van der Waals surface area contributed by atoms with E-state index in [-0.39, 0.29) is 17.4 Å². The van der Waals surface area contributed by atoms with Crippen molar-refractivity contribution in [3.05, 3.63) is 55.8 Å². The van der Waals surface area contributed by atoms with Gasteiger partial charge in [-0.2, -0.15) is 0 Å². The maximum absolute atomic E-state index is 12.9. The molecule has 1 fully saturated rings. The molecule has 0 bridgehead atoms. The Bertz CT molecular complexity index is 1100. The van der Waals surface area contributed by atoms with Gasteiger partial charge in [-0.1, -0.05) is 34.1 Å². The lowest BCUT2D eigenvalue weighted by molar-refractivity contribution is 0.0975. The standard InChI is InChI=1S/C19H20BrN3O3/c1-21-15-11-23(10-12-6-5-9-26-12)17(13-7-3-4-8-14(13)20)16(15)18(24)22(2)19(21)25/h3-4,7-8,11-12H,5-6,9-10H2,1-2H3/t12-/m0/s1. The van der Waals surface area contributed by atoms with Gasteiger partial charge in [0.1, 0.15) is 0 Å². The lowest BCUT2D eigenvalue weighted by Crippen LogP contribution is -2.36. The molecule has 0 spiro atoms. The van der Waals surface area contributed by atoms with Crippen molar-refractivity contribution >= 4 is 26.8 Å². The normalized spacial score (nSPS) is 17.3. The van der Waals surface area contributed by atoms with Crippen molar-refractivity contribution in [3.63, 3.8) is 0 Å². The first-order chi connectivity index (χ1) is 12.5. The summed E-state index contributed by atoms with van der Waals surface area (Å²) in [6.45, 7) is 1.43. The predicted octanol–water partition coefficient (Wildman–Crippen LogP) is 2.65. The number of fused-ring (bicyclic) bond motifs is 1. The fourth-order valence-electron chi connectivity index (χ4n) is 3.68. The summed E-state index contributed by atoms with van der Waals surface area (Å²) in [5.74, 6) is 0. The van der Waals surface area contributed by atoms with E-state index in [2.05, 4.69) is 20.5 Å². The van der Waals surface area contributed by atoms with Crippen LogP contribution in [0.1, 0.15) is 12.8 Å². The molecule has 0 saturated carbocycles. The molecule has 6 nitrogen and oxygen atoms in total. The zero-order valence-corrected chi connectivity index (χ0v) is 16.3. The Morgan fingerprint density at radius 2 is 1.96 bits per heavy atom. The summed E-state index contributed by atoms with van der Waals surface area (Å²) in [5.41, 5.74) is 1.78. The quantitative estimate of drug-likeness (QED) is 0.657. The van der Waals surface area contributed by atoms with Crippen molar-refractivity contribution < 1.29 is 4.74 Å². The van der Waals surface area contributed by atoms with Crippen LogP contribution < -0.4 is 11.2 Å². The molecule has 0 amide bonds. The van der Waals surface area contributed by atoms with Gasteiger partial charge in [-0.05, 0) is 18.9 Å². The van der Waals surface area contributed by atoms with Gasteiger partial charge >= 0.3 is 5.69 Å². The van der Waals surface area contributed by atoms with Crippen LogP contribution in [0.25, 0.3) is 22.2 Å². The van der Waals surface area contributed by atoms with Gasteiger partial charge < -0.3 is 9.30 Å². The summed E-state index contributed by atoms with van der Waals surface area (Å²) in [5, 5.41) is 0.555. The summed E-state index contributed by atoms with van der Waals surface area (Å²) >= 11 is 3.60. The number of halogens is 1. The van der Waals surface area contributed by atoms with Gasteiger partial charge in [0.25, 0.3) is 5.56 Å². The molecular weight excluding hydrogens is 398 g/mol. The molecule has 0 radical (unpaired) electrons. The number of benzene rings is 1. The summed E-state index contributed by atoms with van der Waals surface area (Å²) in [7, 11) is 3.22. The number of aryl methyl sites for hydroxylation is 1. The summed E-state index contributed by atoms with van der Waals surface area (Å²) in [6.07, 6.45) is 4.07. The van der Waals surface area contributed by atoms with Crippen molar-refractivity contribution in [2.75, 3.05) is 6.61 Å². The second kappa shape index (κ2) is 6.55. The fraction of sp³-hybridized carbons (Fsp3) is 0.368. The third-order valence-electron chi connectivity index (χ3n) is 5.07. The first kappa shape index (κ1) is 17.3. The lowest BCUT2D eigenvalue weighted by atomic mass is 10.1. The molecule has 4 rings (SSSR count). The largest absolute Gasteiger partial charge is 0.376 e. The SMILES string of the molecule is Cn1c(=O)c2c(-c3ccccc3Br)n(C[C@@H]3CCCO3)cc2n(C)c1=O. The van der Waals surface area contributed by atoms with Gasteiger partial charge in [0.2, 0.25) is 0 Å². The van der Waals surface area contributed by atoms with Crippen LogP contribution in [0.4, 0.5) is 0 Å². The fourth-order valence-corrected chi connectivity index (χ4v) is 4.16. The molecule has 136 valence electrons. The number of hydrogen-bond acceptors (Lipinski definition) is 3. The molecule has 1 aromatic carbocycles. The molecular formula is C19H20BrN3O3. The topological polar surface area (TPSA) is 58.2 Å². The van der Waals surface area contributed by atoms with Gasteiger partial charge in [0.05, 0.1) is 22.7 Å². The zero-order chi connectivity index (χ0) is 18.4. The van der Waals surface area contributed by atoms with Crippen LogP contribution in [0.3, 0.4) is 0 Å². The average Bonchev–Trinajstić information content (AvgIpc) is 3.27. The van der Waals surface area contributed by atoms with E-state index in [9.17, 15) is 9.59 Å². The minimum atomic E-state index is -0.324. The second-order valence-corrected chi connectivity index (χ2v) is 7.57. The van der Waals surface area contributed by atoms with E-state index in [1.54, 1.807) is 7.05 Å². The molecule has 0 aliphatic carbocycles. The Balaban J connectivity index is 2.06. The molecule has 7 heteroatoms. The number of aromatic nitrogens is 3. The molecule has 0 unspecified atom stereocenters. The van der Waals surface area contributed by atoms with Crippen LogP contribution in [-0.2, 0) is 25.4 Å². The van der Waals surface area contributed by atoms with Crippen molar-refractivity contribution in [1.82, 2.24) is 13.7 Å². The summed E-state index contributed by atoms with van der Waals surface area (Å²) in [6, 6.07) is 7.82. The highest BCUT2D eigenvalue weighted by Gasteiger charge is 2.23. The van der Waals surface area contributed by atoms with Crippen LogP contribution in [0.2, 0.25) is 0 Å². The van der Waals surface area contributed by atoms with E-state index in [0.717, 1.165) is 35.2 Å². The average molecular weight is 418 g/mol. The van der Waals surface area contributed by atoms with Crippen LogP contribution in [0.15, 0.2) is 44.5 Å². The highest BCUT2D eigenvalue weighted by Crippen LogP contribution is 2.34. The second-order valence-electron chi connectivity index (χ2n) is 6.71. The van der Waals surface area contributed by atoms with Crippen LogP contribution in [0.5, 0.6) is 0 Å². The third-order valence-corrected chi connectivity index (χ3v) is 5.76. The van der Waals surface area contributed by atoms with Gasteiger partial charge in [-0.15, -0.1) is 0 Å². The van der Waals surface area contributed by atoms with Crippen molar-refractivity contribution in [2.24, 2.45) is 14.1 Å². The number of hydrogen-bond donors (Lipinski definition) is 0. The van der Waals surface area contributed by atoms with E-state index in [4.69, 9.17) is 4.74 Å². The predicted molar refractivity (Wildman–Crippen MR) is 105 cm³/mol. The third kappa shape index (κ3) is 2.66. The van der Waals surface area contributed by atoms with E-state index >= 15 is 0 Å². The maximum Gasteiger partial charge on any atom is 0.330 e. The van der Waals surface area contributed by atoms with Crippen LogP contribution >= 0.6 is 15.9 Å². The number of nitrogens with zero attached hydrogens (tertiary/aromatic N) is 3. The van der Waals surface area contributed by atoms with Crippen LogP contribution in [-0.4, -0.2) is 26.4 Å². The number of rotatable bonds is 3. The van der Waals surface area contributed by atoms with E-state index in [1.807, 2.05) is 30.5 Å². The molecule has 1 saturated heterocycles. The Hall–Kier alpha value is -2.12. The highest BCUT2D eigenvalue weighted by atomic mass is 79.9. The van der Waals surface area contributed by atoms with Crippen molar-refractivity contribution in [1.29, 1.82) is 0 Å². The van der Waals surface area contributed by atoms with Gasteiger partial charge in [0.15, 0.2) is 0 Å². The Labute approximate surface area is 158 Å². The van der Waals surface area contributed by atoms with Crippen molar-refractivity contribution in [2.45, 2.75) is 25.5 Å². The Morgan fingerprint density at radius 3 is 2.65 bits per heavy atom. The molecule has 1 atom stereocenters. The molecule has 1 aliphatic rings. The zero-order valence-electron chi connectivity index (χ0n) is 14.7. The summed E-state index contributed by atoms with van der Waals surface area (Å²) in [4.78, 5) is 25.3. The molecule has 3 aromatic rings. The minimum absolute atomic E-state index is 0.124. The monoisotopic (exact) mass is 417 g/mol. The van der Waals surface area contributed by atoms with Gasteiger partial charge in [-0.3, -0.25) is 13.9 Å². The van der Waals surface area contributed by atoms with E-state index in [1.165, 1.54) is 16.2 Å². The molecule has 2 aromatic heterocycles. The molecule has 1 aliphatic heterocycles. The van der Waals surface area contributed by atoms with Gasteiger partial charge in [0, 0.05) is 43.5 Å². The lowest BCUT2D eigenvalue weighted by Gasteiger charge is -2.15. The number of ether oxygens (including phenoxy) is 1.